The highest BCUT2D eigenvalue weighted by atomic mass is 16.3. The van der Waals surface area contributed by atoms with Crippen LogP contribution in [0.4, 0.5) is 0 Å². The third-order valence-electron chi connectivity index (χ3n) is 3.37. The molecule has 0 aromatic heterocycles. The molecule has 6 nitrogen and oxygen atoms in total. The summed E-state index contributed by atoms with van der Waals surface area (Å²) in [5.41, 5.74) is 0. The first-order chi connectivity index (χ1) is 8.56. The summed E-state index contributed by atoms with van der Waals surface area (Å²) >= 11 is 0. The molecule has 1 aliphatic rings. The Bertz CT molecular complexity index is 288. The van der Waals surface area contributed by atoms with Crippen LogP contribution in [-0.2, 0) is 9.59 Å². The summed E-state index contributed by atoms with van der Waals surface area (Å²) in [7, 11) is 3.74. The minimum absolute atomic E-state index is 0.0132. The number of hydrogen-bond donors (Lipinski definition) is 2. The van der Waals surface area contributed by atoms with E-state index in [4.69, 9.17) is 5.11 Å². The van der Waals surface area contributed by atoms with Crippen LogP contribution in [0, 0.1) is 0 Å². The zero-order chi connectivity index (χ0) is 13.5. The summed E-state index contributed by atoms with van der Waals surface area (Å²) in [5.74, 6) is -1.06. The zero-order valence-corrected chi connectivity index (χ0v) is 11.2. The predicted molar refractivity (Wildman–Crippen MR) is 68.0 cm³/mol. The van der Waals surface area contributed by atoms with Crippen LogP contribution in [0.15, 0.2) is 0 Å². The van der Waals surface area contributed by atoms with E-state index in [1.807, 2.05) is 0 Å². The van der Waals surface area contributed by atoms with Crippen molar-refractivity contribution in [1.29, 1.82) is 0 Å². The van der Waals surface area contributed by atoms with E-state index in [1.165, 1.54) is 0 Å². The third kappa shape index (κ3) is 4.27. The van der Waals surface area contributed by atoms with Gasteiger partial charge in [-0.15, -0.1) is 0 Å². The lowest BCUT2D eigenvalue weighted by Gasteiger charge is -2.34. The van der Waals surface area contributed by atoms with Crippen LogP contribution in [0.25, 0.3) is 0 Å². The van der Waals surface area contributed by atoms with E-state index in [-0.39, 0.29) is 12.6 Å². The Morgan fingerprint density at radius 2 is 2.00 bits per heavy atom. The molecule has 1 saturated heterocycles. The Morgan fingerprint density at radius 1 is 1.39 bits per heavy atom. The van der Waals surface area contributed by atoms with Crippen LogP contribution < -0.4 is 5.32 Å². The molecule has 6 heteroatoms. The van der Waals surface area contributed by atoms with Crippen molar-refractivity contribution in [3.8, 4) is 0 Å². The van der Waals surface area contributed by atoms with Gasteiger partial charge in [-0.1, -0.05) is 0 Å². The summed E-state index contributed by atoms with van der Waals surface area (Å²) in [4.78, 5) is 27.2. The van der Waals surface area contributed by atoms with Gasteiger partial charge in [0.15, 0.2) is 0 Å². The van der Waals surface area contributed by atoms with Crippen molar-refractivity contribution in [2.45, 2.75) is 25.3 Å². The molecule has 1 aliphatic heterocycles. The summed E-state index contributed by atoms with van der Waals surface area (Å²) in [5, 5.41) is 11.1. The van der Waals surface area contributed by atoms with Gasteiger partial charge in [-0.2, -0.15) is 0 Å². The second kappa shape index (κ2) is 7.33. The number of carbonyl (C=O) groups is 2. The van der Waals surface area contributed by atoms with Gasteiger partial charge in [-0.25, -0.2) is 0 Å². The fourth-order valence-corrected chi connectivity index (χ4v) is 2.06. The molecule has 0 atom stereocenters. The summed E-state index contributed by atoms with van der Waals surface area (Å²) in [6.45, 7) is 2.25. The van der Waals surface area contributed by atoms with Crippen LogP contribution >= 0.6 is 0 Å². The first-order valence-electron chi connectivity index (χ1n) is 6.40. The van der Waals surface area contributed by atoms with Crippen LogP contribution in [-0.4, -0.2) is 73.1 Å². The summed E-state index contributed by atoms with van der Waals surface area (Å²) in [6, 6.07) is 0.150. The fraction of sp³-hybridized carbons (Fsp3) is 0.833. The molecular weight excluding hydrogens is 234 g/mol. The first-order valence-corrected chi connectivity index (χ1v) is 6.40. The van der Waals surface area contributed by atoms with Crippen molar-refractivity contribution in [3.05, 3.63) is 0 Å². The molecular formula is C12H23N3O3. The molecule has 0 aromatic carbocycles. The van der Waals surface area contributed by atoms with E-state index in [1.54, 1.807) is 11.9 Å². The van der Waals surface area contributed by atoms with Gasteiger partial charge in [-0.3, -0.25) is 9.59 Å². The average Bonchev–Trinajstić information content (AvgIpc) is 2.38. The van der Waals surface area contributed by atoms with E-state index in [2.05, 4.69) is 17.3 Å². The van der Waals surface area contributed by atoms with E-state index in [0.717, 1.165) is 25.9 Å². The minimum atomic E-state index is -0.579. The van der Waals surface area contributed by atoms with Crippen molar-refractivity contribution >= 4 is 11.8 Å². The quantitative estimate of drug-likeness (QED) is 0.502. The highest BCUT2D eigenvalue weighted by Crippen LogP contribution is 2.14. The van der Waals surface area contributed by atoms with Gasteiger partial charge in [0, 0.05) is 26.2 Å². The molecule has 1 heterocycles. The van der Waals surface area contributed by atoms with E-state index < -0.39 is 11.8 Å². The SMILES string of the molecule is CN1CCC(N(C)C(=O)C(=O)NCCCO)CC1. The average molecular weight is 257 g/mol. The van der Waals surface area contributed by atoms with E-state index >= 15 is 0 Å². The number of piperidine rings is 1. The standard InChI is InChI=1S/C12H23N3O3/c1-14-7-4-10(5-8-14)15(2)12(18)11(17)13-6-3-9-16/h10,16H,3-9H2,1-2H3,(H,13,17). The lowest BCUT2D eigenvalue weighted by atomic mass is 10.0. The van der Waals surface area contributed by atoms with Gasteiger partial charge >= 0.3 is 11.8 Å². The molecule has 18 heavy (non-hydrogen) atoms. The van der Waals surface area contributed by atoms with Gasteiger partial charge in [0.1, 0.15) is 0 Å². The van der Waals surface area contributed by atoms with Crippen LogP contribution in [0.2, 0.25) is 0 Å². The second-order valence-corrected chi connectivity index (χ2v) is 4.78. The molecule has 2 amide bonds. The van der Waals surface area contributed by atoms with Crippen LogP contribution in [0.1, 0.15) is 19.3 Å². The topological polar surface area (TPSA) is 72.9 Å². The molecule has 0 spiro atoms. The van der Waals surface area contributed by atoms with Crippen molar-refractivity contribution < 1.29 is 14.7 Å². The lowest BCUT2D eigenvalue weighted by Crippen LogP contribution is -2.49. The maximum absolute atomic E-state index is 11.9. The number of likely N-dealkylation sites (tertiary alicyclic amines) is 1. The molecule has 2 N–H and O–H groups in total. The molecule has 1 fully saturated rings. The largest absolute Gasteiger partial charge is 0.396 e. The second-order valence-electron chi connectivity index (χ2n) is 4.78. The Balaban J connectivity index is 2.38. The predicted octanol–water partition coefficient (Wildman–Crippen LogP) is -0.962. The molecule has 0 unspecified atom stereocenters. The third-order valence-corrected chi connectivity index (χ3v) is 3.37. The Morgan fingerprint density at radius 3 is 2.56 bits per heavy atom. The smallest absolute Gasteiger partial charge is 0.311 e. The van der Waals surface area contributed by atoms with Gasteiger partial charge < -0.3 is 20.2 Å². The molecule has 0 aliphatic carbocycles. The number of aliphatic hydroxyl groups excluding tert-OH is 1. The molecule has 1 rings (SSSR count). The molecule has 0 saturated carbocycles. The number of nitrogens with one attached hydrogen (secondary N) is 1. The Labute approximate surface area is 108 Å². The van der Waals surface area contributed by atoms with Crippen molar-refractivity contribution in [2.75, 3.05) is 40.3 Å². The number of aliphatic hydroxyl groups is 1. The maximum atomic E-state index is 11.9. The lowest BCUT2D eigenvalue weighted by molar-refractivity contribution is -0.146. The highest BCUT2D eigenvalue weighted by molar-refractivity contribution is 6.35. The van der Waals surface area contributed by atoms with Gasteiger partial charge in [-0.05, 0) is 39.4 Å². The van der Waals surface area contributed by atoms with Crippen LogP contribution in [0.5, 0.6) is 0 Å². The zero-order valence-electron chi connectivity index (χ0n) is 11.2. The summed E-state index contributed by atoms with van der Waals surface area (Å²) in [6.07, 6.45) is 2.28. The highest BCUT2D eigenvalue weighted by Gasteiger charge is 2.27. The molecule has 0 bridgehead atoms. The molecule has 104 valence electrons. The monoisotopic (exact) mass is 257 g/mol. The van der Waals surface area contributed by atoms with Crippen LogP contribution in [0.3, 0.4) is 0 Å². The van der Waals surface area contributed by atoms with Gasteiger partial charge in [0.2, 0.25) is 0 Å². The molecule has 0 radical (unpaired) electrons. The van der Waals surface area contributed by atoms with E-state index in [0.29, 0.717) is 13.0 Å². The first kappa shape index (κ1) is 14.9. The van der Waals surface area contributed by atoms with Crippen molar-refractivity contribution in [3.63, 3.8) is 0 Å². The number of likely N-dealkylation sites (N-methyl/N-ethyl adjacent to an activating group) is 1. The van der Waals surface area contributed by atoms with E-state index in [9.17, 15) is 9.59 Å². The minimum Gasteiger partial charge on any atom is -0.396 e. The fourth-order valence-electron chi connectivity index (χ4n) is 2.06. The summed E-state index contributed by atoms with van der Waals surface area (Å²) < 4.78 is 0. The van der Waals surface area contributed by atoms with Crippen molar-refractivity contribution in [1.82, 2.24) is 15.1 Å². The number of hydrogen-bond acceptors (Lipinski definition) is 4. The number of carbonyl (C=O) groups excluding carboxylic acids is 2. The number of rotatable bonds is 4. The van der Waals surface area contributed by atoms with Gasteiger partial charge in [0.05, 0.1) is 0 Å². The number of nitrogens with zero attached hydrogens (tertiary/aromatic N) is 2. The number of amides is 2. The maximum Gasteiger partial charge on any atom is 0.311 e. The molecule has 0 aromatic rings. The normalized spacial score (nSPS) is 17.5. The van der Waals surface area contributed by atoms with Crippen molar-refractivity contribution in [2.24, 2.45) is 0 Å². The Kier molecular flexibility index (Phi) is 6.07. The van der Waals surface area contributed by atoms with Gasteiger partial charge in [0.25, 0.3) is 0 Å². The Hall–Kier alpha value is -1.14.